The van der Waals surface area contributed by atoms with Crippen molar-refractivity contribution >= 4 is 17.3 Å². The van der Waals surface area contributed by atoms with E-state index in [2.05, 4.69) is 46.9 Å². The minimum absolute atomic E-state index is 0.489. The molecule has 3 aromatic rings. The molecule has 0 bridgehead atoms. The highest BCUT2D eigenvalue weighted by Gasteiger charge is 2.26. The van der Waals surface area contributed by atoms with Gasteiger partial charge in [-0.05, 0) is 43.7 Å². The van der Waals surface area contributed by atoms with Crippen LogP contribution in [0, 0.1) is 13.8 Å². The molecular weight excluding hydrogens is 286 g/mol. The summed E-state index contributed by atoms with van der Waals surface area (Å²) in [6.07, 6.45) is 3.59. The van der Waals surface area contributed by atoms with E-state index in [1.165, 1.54) is 11.1 Å². The smallest absolute Gasteiger partial charge is 0.181 e. The first-order chi connectivity index (χ1) is 11.2. The summed E-state index contributed by atoms with van der Waals surface area (Å²) in [4.78, 5) is 11.3. The number of nitrogens with zero attached hydrogens (tertiary/aromatic N) is 3. The molecule has 1 aliphatic heterocycles. The number of rotatable bonds is 1. The maximum absolute atomic E-state index is 5.95. The highest BCUT2D eigenvalue weighted by molar-refractivity contribution is 5.79. The molecular formula is C19H17N3O. The molecule has 0 spiro atoms. The first-order valence-electron chi connectivity index (χ1n) is 7.63. The van der Waals surface area contributed by atoms with Gasteiger partial charge in [0, 0.05) is 18.0 Å². The quantitative estimate of drug-likeness (QED) is 0.665. The second-order valence-electron chi connectivity index (χ2n) is 5.73. The Morgan fingerprint density at radius 3 is 2.57 bits per heavy atom. The molecule has 4 heteroatoms. The third-order valence-corrected chi connectivity index (χ3v) is 4.02. The Morgan fingerprint density at radius 2 is 1.74 bits per heavy atom. The minimum Gasteiger partial charge on any atom is -0.485 e. The monoisotopic (exact) mass is 303 g/mol. The van der Waals surface area contributed by atoms with E-state index in [1.807, 2.05) is 30.5 Å². The lowest BCUT2D eigenvalue weighted by atomic mass is 10.1. The average molecular weight is 303 g/mol. The highest BCUT2D eigenvalue weighted by atomic mass is 16.5. The summed E-state index contributed by atoms with van der Waals surface area (Å²) in [5.74, 6) is 2.42. The predicted molar refractivity (Wildman–Crippen MR) is 90.5 cm³/mol. The SMILES string of the molecule is Cc1ccc(N2c3ncccc3COc3cccnc32)c(C)c1. The molecule has 2 aromatic heterocycles. The molecule has 23 heavy (non-hydrogen) atoms. The number of anilines is 3. The third kappa shape index (κ3) is 2.32. The predicted octanol–water partition coefficient (Wildman–Crippen LogP) is 4.46. The standard InChI is InChI=1S/C19H17N3O/c1-13-7-8-16(14(2)11-13)22-18-15(5-3-9-20-18)12-23-17-6-4-10-21-19(17)22/h3-11H,12H2,1-2H3. The van der Waals surface area contributed by atoms with Crippen molar-refractivity contribution in [3.8, 4) is 5.75 Å². The third-order valence-electron chi connectivity index (χ3n) is 4.02. The minimum atomic E-state index is 0.489. The van der Waals surface area contributed by atoms with Crippen molar-refractivity contribution in [1.29, 1.82) is 0 Å². The Balaban J connectivity index is 2.00. The Morgan fingerprint density at radius 1 is 0.957 bits per heavy atom. The number of fused-ring (bicyclic) bond motifs is 2. The molecule has 0 saturated carbocycles. The van der Waals surface area contributed by atoms with Crippen molar-refractivity contribution in [2.45, 2.75) is 20.5 Å². The van der Waals surface area contributed by atoms with Gasteiger partial charge in [-0.3, -0.25) is 4.90 Å². The molecule has 0 N–H and O–H groups in total. The lowest BCUT2D eigenvalue weighted by molar-refractivity contribution is 0.309. The molecule has 0 saturated heterocycles. The lowest BCUT2D eigenvalue weighted by Crippen LogP contribution is -2.14. The lowest BCUT2D eigenvalue weighted by Gasteiger charge is -2.25. The fraction of sp³-hybridized carbons (Fsp3) is 0.158. The van der Waals surface area contributed by atoms with Crippen molar-refractivity contribution in [3.63, 3.8) is 0 Å². The van der Waals surface area contributed by atoms with Crippen LogP contribution in [-0.2, 0) is 6.61 Å². The van der Waals surface area contributed by atoms with Crippen LogP contribution in [0.25, 0.3) is 0 Å². The van der Waals surface area contributed by atoms with Gasteiger partial charge in [-0.2, -0.15) is 0 Å². The molecule has 4 nitrogen and oxygen atoms in total. The van der Waals surface area contributed by atoms with Gasteiger partial charge in [0.15, 0.2) is 11.6 Å². The van der Waals surface area contributed by atoms with Gasteiger partial charge in [0.1, 0.15) is 12.4 Å². The van der Waals surface area contributed by atoms with Crippen molar-refractivity contribution in [2.75, 3.05) is 4.90 Å². The Labute approximate surface area is 135 Å². The van der Waals surface area contributed by atoms with E-state index in [4.69, 9.17) is 4.74 Å². The van der Waals surface area contributed by atoms with Gasteiger partial charge in [0.2, 0.25) is 0 Å². The topological polar surface area (TPSA) is 38.2 Å². The van der Waals surface area contributed by atoms with Crippen molar-refractivity contribution in [1.82, 2.24) is 9.97 Å². The van der Waals surface area contributed by atoms with E-state index >= 15 is 0 Å². The summed E-state index contributed by atoms with van der Waals surface area (Å²) in [5.41, 5.74) is 4.53. The summed E-state index contributed by atoms with van der Waals surface area (Å²) >= 11 is 0. The highest BCUT2D eigenvalue weighted by Crippen LogP contribution is 2.42. The number of aryl methyl sites for hydroxylation is 2. The molecule has 0 aliphatic carbocycles. The Kier molecular flexibility index (Phi) is 3.23. The number of ether oxygens (including phenoxy) is 1. The molecule has 0 amide bonds. The van der Waals surface area contributed by atoms with Crippen LogP contribution < -0.4 is 9.64 Å². The van der Waals surface area contributed by atoms with Gasteiger partial charge in [0.25, 0.3) is 0 Å². The van der Waals surface area contributed by atoms with Gasteiger partial charge < -0.3 is 4.74 Å². The van der Waals surface area contributed by atoms with Crippen LogP contribution in [0.15, 0.2) is 54.9 Å². The number of benzene rings is 1. The molecule has 1 aliphatic rings. The van der Waals surface area contributed by atoms with E-state index in [0.29, 0.717) is 6.61 Å². The molecule has 0 unspecified atom stereocenters. The number of aromatic nitrogens is 2. The van der Waals surface area contributed by atoms with Crippen LogP contribution in [0.3, 0.4) is 0 Å². The zero-order valence-corrected chi connectivity index (χ0v) is 13.2. The van der Waals surface area contributed by atoms with Gasteiger partial charge in [0.05, 0.1) is 5.69 Å². The van der Waals surface area contributed by atoms with Crippen molar-refractivity contribution in [3.05, 3.63) is 71.5 Å². The summed E-state index contributed by atoms with van der Waals surface area (Å²) in [6.45, 7) is 4.70. The summed E-state index contributed by atoms with van der Waals surface area (Å²) < 4.78 is 5.95. The Bertz CT molecular complexity index is 828. The zero-order chi connectivity index (χ0) is 15.8. The molecule has 0 fully saturated rings. The Hall–Kier alpha value is -2.88. The maximum Gasteiger partial charge on any atom is 0.181 e. The van der Waals surface area contributed by atoms with E-state index in [-0.39, 0.29) is 0 Å². The molecule has 0 radical (unpaired) electrons. The number of pyridine rings is 2. The molecule has 1 aromatic carbocycles. The van der Waals surface area contributed by atoms with Gasteiger partial charge >= 0.3 is 0 Å². The number of hydrogen-bond acceptors (Lipinski definition) is 4. The van der Waals surface area contributed by atoms with E-state index in [1.54, 1.807) is 6.20 Å². The second kappa shape index (κ2) is 5.39. The fourth-order valence-electron chi connectivity index (χ4n) is 2.95. The normalized spacial score (nSPS) is 12.9. The van der Waals surface area contributed by atoms with Gasteiger partial charge in [-0.1, -0.05) is 23.8 Å². The second-order valence-corrected chi connectivity index (χ2v) is 5.73. The average Bonchev–Trinajstić information content (AvgIpc) is 2.72. The van der Waals surface area contributed by atoms with Crippen LogP contribution in [0.5, 0.6) is 5.75 Å². The fourth-order valence-corrected chi connectivity index (χ4v) is 2.95. The van der Waals surface area contributed by atoms with E-state index in [0.717, 1.165) is 28.6 Å². The van der Waals surface area contributed by atoms with Crippen LogP contribution in [0.4, 0.5) is 17.3 Å². The van der Waals surface area contributed by atoms with E-state index < -0.39 is 0 Å². The van der Waals surface area contributed by atoms with Crippen molar-refractivity contribution in [2.24, 2.45) is 0 Å². The molecule has 114 valence electrons. The molecule has 3 heterocycles. The van der Waals surface area contributed by atoms with Crippen LogP contribution in [-0.4, -0.2) is 9.97 Å². The van der Waals surface area contributed by atoms with Crippen LogP contribution in [0.2, 0.25) is 0 Å². The molecule has 0 atom stereocenters. The van der Waals surface area contributed by atoms with E-state index in [9.17, 15) is 0 Å². The summed E-state index contributed by atoms with van der Waals surface area (Å²) in [5, 5.41) is 0. The first kappa shape index (κ1) is 13.8. The van der Waals surface area contributed by atoms with Gasteiger partial charge in [-0.25, -0.2) is 9.97 Å². The summed E-state index contributed by atoms with van der Waals surface area (Å²) in [6, 6.07) is 14.2. The largest absolute Gasteiger partial charge is 0.485 e. The van der Waals surface area contributed by atoms with Crippen LogP contribution >= 0.6 is 0 Å². The van der Waals surface area contributed by atoms with Crippen LogP contribution in [0.1, 0.15) is 16.7 Å². The number of hydrogen-bond donors (Lipinski definition) is 0. The summed E-state index contributed by atoms with van der Waals surface area (Å²) in [7, 11) is 0. The zero-order valence-electron chi connectivity index (χ0n) is 13.2. The van der Waals surface area contributed by atoms with Crippen molar-refractivity contribution < 1.29 is 4.74 Å². The molecule has 4 rings (SSSR count). The first-order valence-corrected chi connectivity index (χ1v) is 7.63. The maximum atomic E-state index is 5.95. The van der Waals surface area contributed by atoms with Gasteiger partial charge in [-0.15, -0.1) is 0 Å².